The molecule has 0 saturated carbocycles. The van der Waals surface area contributed by atoms with E-state index in [9.17, 15) is 28.8 Å². The van der Waals surface area contributed by atoms with Gasteiger partial charge in [-0.3, -0.25) is 24.0 Å². The molecule has 5 N–H and O–H groups in total. The molecule has 1 rings (SSSR count). The molecule has 0 aromatic heterocycles. The topological polar surface area (TPSA) is 189 Å². The van der Waals surface area contributed by atoms with Crippen molar-refractivity contribution in [3.05, 3.63) is 29.3 Å². The van der Waals surface area contributed by atoms with E-state index < -0.39 is 24.3 Å². The van der Waals surface area contributed by atoms with Gasteiger partial charge in [-0.1, -0.05) is 13.8 Å². The SMILES string of the molecule is CC(=O)CCC(=O)NCCOCCNC(=O)c1cc(NCCOCCC(=O)C(C)C)cc(C(=O)NCC(=O)O)c1. The zero-order chi connectivity index (χ0) is 29.9. The molecule has 0 aliphatic rings. The Morgan fingerprint density at radius 3 is 1.93 bits per heavy atom. The molecule has 40 heavy (non-hydrogen) atoms. The molecule has 0 aliphatic heterocycles. The van der Waals surface area contributed by atoms with Gasteiger partial charge in [0.25, 0.3) is 11.8 Å². The van der Waals surface area contributed by atoms with E-state index in [1.54, 1.807) is 6.07 Å². The number of ether oxygens (including phenoxy) is 2. The molecule has 1 aromatic rings. The van der Waals surface area contributed by atoms with E-state index in [1.165, 1.54) is 19.1 Å². The van der Waals surface area contributed by atoms with Crippen molar-refractivity contribution in [1.82, 2.24) is 16.0 Å². The smallest absolute Gasteiger partial charge is 0.322 e. The van der Waals surface area contributed by atoms with Crippen LogP contribution in [0.1, 0.15) is 60.7 Å². The third-order valence-electron chi connectivity index (χ3n) is 5.37. The second-order valence-corrected chi connectivity index (χ2v) is 9.21. The summed E-state index contributed by atoms with van der Waals surface area (Å²) in [6.07, 6.45) is 0.634. The number of carboxylic acid groups (broad SMARTS) is 1. The van der Waals surface area contributed by atoms with Crippen LogP contribution < -0.4 is 21.3 Å². The van der Waals surface area contributed by atoms with Gasteiger partial charge in [-0.25, -0.2) is 0 Å². The number of amides is 3. The lowest BCUT2D eigenvalue weighted by Gasteiger charge is -2.13. The Balaban J connectivity index is 2.59. The van der Waals surface area contributed by atoms with Crippen LogP contribution >= 0.6 is 0 Å². The summed E-state index contributed by atoms with van der Waals surface area (Å²) in [7, 11) is 0. The van der Waals surface area contributed by atoms with Crippen LogP contribution in [-0.2, 0) is 28.7 Å². The van der Waals surface area contributed by atoms with Crippen molar-refractivity contribution < 1.29 is 43.3 Å². The second-order valence-electron chi connectivity index (χ2n) is 9.21. The molecular weight excluding hydrogens is 524 g/mol. The normalized spacial score (nSPS) is 10.6. The highest BCUT2D eigenvalue weighted by Crippen LogP contribution is 2.15. The summed E-state index contributed by atoms with van der Waals surface area (Å²) in [4.78, 5) is 70.1. The summed E-state index contributed by atoms with van der Waals surface area (Å²) in [5.74, 6) is -2.57. The maximum absolute atomic E-state index is 12.7. The third-order valence-corrected chi connectivity index (χ3v) is 5.37. The summed E-state index contributed by atoms with van der Waals surface area (Å²) in [5, 5.41) is 19.5. The molecule has 0 heterocycles. The number of carboxylic acids is 1. The van der Waals surface area contributed by atoms with Gasteiger partial charge in [0.2, 0.25) is 5.91 Å². The highest BCUT2D eigenvalue weighted by Gasteiger charge is 2.14. The minimum absolute atomic E-state index is 0.0510. The summed E-state index contributed by atoms with van der Waals surface area (Å²) in [5.41, 5.74) is 0.718. The zero-order valence-electron chi connectivity index (χ0n) is 23.3. The molecule has 3 amide bonds. The molecule has 0 fully saturated rings. The standard InChI is InChI=1S/C27H40N4O9/c1-18(2)23(33)6-10-39-11-7-28-22-15-20(14-21(16-22)27(38)31-17-25(35)36)26(37)30-9-13-40-12-8-29-24(34)5-4-19(3)32/h14-16,18,28H,4-13,17H2,1-3H3,(H,29,34)(H,30,37)(H,31,38)(H,35,36). The van der Waals surface area contributed by atoms with Gasteiger partial charge in [0.05, 0.1) is 26.4 Å². The number of hydrogen-bond acceptors (Lipinski definition) is 9. The molecule has 0 saturated heterocycles. The number of Topliss-reactive ketones (excluding diaryl/α,β-unsaturated/α-hetero) is 2. The van der Waals surface area contributed by atoms with Crippen LogP contribution in [0.4, 0.5) is 5.69 Å². The van der Waals surface area contributed by atoms with Crippen molar-refractivity contribution in [2.24, 2.45) is 5.92 Å². The van der Waals surface area contributed by atoms with Gasteiger partial charge in [-0.2, -0.15) is 0 Å². The monoisotopic (exact) mass is 564 g/mol. The number of anilines is 1. The maximum atomic E-state index is 12.7. The molecule has 0 spiro atoms. The van der Waals surface area contributed by atoms with Crippen molar-refractivity contribution in [3.63, 3.8) is 0 Å². The fourth-order valence-corrected chi connectivity index (χ4v) is 3.16. The van der Waals surface area contributed by atoms with Gasteiger partial charge in [0.15, 0.2) is 0 Å². The van der Waals surface area contributed by atoms with Gasteiger partial charge in [-0.15, -0.1) is 0 Å². The number of benzene rings is 1. The van der Waals surface area contributed by atoms with Crippen LogP contribution in [0.2, 0.25) is 0 Å². The largest absolute Gasteiger partial charge is 0.480 e. The number of rotatable bonds is 21. The van der Waals surface area contributed by atoms with E-state index in [4.69, 9.17) is 14.6 Å². The highest BCUT2D eigenvalue weighted by atomic mass is 16.5. The molecule has 0 bridgehead atoms. The molecule has 0 aliphatic carbocycles. The lowest BCUT2D eigenvalue weighted by molar-refractivity contribution is -0.135. The molecule has 222 valence electrons. The highest BCUT2D eigenvalue weighted by molar-refractivity contribution is 6.01. The summed E-state index contributed by atoms with van der Waals surface area (Å²) in [6.45, 7) is 6.26. The Morgan fingerprint density at radius 1 is 0.750 bits per heavy atom. The third kappa shape index (κ3) is 15.5. The van der Waals surface area contributed by atoms with Gasteiger partial charge in [-0.05, 0) is 25.1 Å². The number of hydrogen-bond donors (Lipinski definition) is 5. The van der Waals surface area contributed by atoms with Gasteiger partial charge in [0.1, 0.15) is 18.1 Å². The van der Waals surface area contributed by atoms with Crippen LogP contribution in [0.3, 0.4) is 0 Å². The zero-order valence-corrected chi connectivity index (χ0v) is 23.3. The quantitative estimate of drug-likeness (QED) is 0.133. The van der Waals surface area contributed by atoms with Crippen LogP contribution in [-0.4, -0.2) is 93.0 Å². The molecule has 1 aromatic carbocycles. The van der Waals surface area contributed by atoms with Crippen LogP contribution in [0, 0.1) is 5.92 Å². The molecule has 0 radical (unpaired) electrons. The number of carbonyl (C=O) groups excluding carboxylic acids is 5. The predicted molar refractivity (Wildman–Crippen MR) is 146 cm³/mol. The van der Waals surface area contributed by atoms with E-state index in [2.05, 4.69) is 21.3 Å². The first-order valence-electron chi connectivity index (χ1n) is 13.1. The van der Waals surface area contributed by atoms with E-state index in [0.29, 0.717) is 18.7 Å². The maximum Gasteiger partial charge on any atom is 0.322 e. The molecule has 0 unspecified atom stereocenters. The van der Waals surface area contributed by atoms with Crippen molar-refractivity contribution in [2.45, 2.75) is 40.0 Å². The van der Waals surface area contributed by atoms with Gasteiger partial charge < -0.3 is 40.6 Å². The fourth-order valence-electron chi connectivity index (χ4n) is 3.16. The number of nitrogens with one attached hydrogen (secondary N) is 4. The lowest BCUT2D eigenvalue weighted by Crippen LogP contribution is -2.31. The predicted octanol–water partition coefficient (Wildman–Crippen LogP) is 0.777. The van der Waals surface area contributed by atoms with E-state index in [-0.39, 0.29) is 86.9 Å². The Morgan fingerprint density at radius 2 is 1.32 bits per heavy atom. The average molecular weight is 565 g/mol. The lowest BCUT2D eigenvalue weighted by atomic mass is 10.1. The minimum atomic E-state index is -1.20. The first-order chi connectivity index (χ1) is 19.0. The summed E-state index contributed by atoms with van der Waals surface area (Å²) < 4.78 is 10.9. The van der Waals surface area contributed by atoms with Crippen LogP contribution in [0.25, 0.3) is 0 Å². The Labute approximate surface area is 233 Å². The Kier molecular flexibility index (Phi) is 16.5. The Hall–Kier alpha value is -3.84. The van der Waals surface area contributed by atoms with Crippen LogP contribution in [0.5, 0.6) is 0 Å². The number of aliphatic carboxylic acids is 1. The van der Waals surface area contributed by atoms with E-state index >= 15 is 0 Å². The fraction of sp³-hybridized carbons (Fsp3) is 0.556. The van der Waals surface area contributed by atoms with Crippen molar-refractivity contribution in [3.8, 4) is 0 Å². The van der Waals surface area contributed by atoms with E-state index in [1.807, 2.05) is 13.8 Å². The van der Waals surface area contributed by atoms with Crippen LogP contribution in [0.15, 0.2) is 18.2 Å². The molecular formula is C27H40N4O9. The van der Waals surface area contributed by atoms with E-state index in [0.717, 1.165) is 0 Å². The number of carbonyl (C=O) groups is 6. The van der Waals surface area contributed by atoms with Crippen molar-refractivity contribution in [2.75, 3.05) is 57.9 Å². The Bertz CT molecular complexity index is 1030. The molecule has 0 atom stereocenters. The summed E-state index contributed by atoms with van der Waals surface area (Å²) in [6, 6.07) is 4.39. The molecule has 13 heteroatoms. The average Bonchev–Trinajstić information content (AvgIpc) is 2.91. The second kappa shape index (κ2) is 19.3. The van der Waals surface area contributed by atoms with Crippen molar-refractivity contribution in [1.29, 1.82) is 0 Å². The van der Waals surface area contributed by atoms with Crippen molar-refractivity contribution >= 4 is 40.9 Å². The first kappa shape index (κ1) is 34.2. The first-order valence-corrected chi connectivity index (χ1v) is 13.1. The summed E-state index contributed by atoms with van der Waals surface area (Å²) >= 11 is 0. The molecule has 13 nitrogen and oxygen atoms in total. The minimum Gasteiger partial charge on any atom is -0.480 e. The van der Waals surface area contributed by atoms with Gasteiger partial charge >= 0.3 is 5.97 Å². The number of ketones is 2. The van der Waals surface area contributed by atoms with Gasteiger partial charge in [0, 0.05) is 61.6 Å².